The number of rotatable bonds is 9. The van der Waals surface area contributed by atoms with Crippen LogP contribution in [-0.2, 0) is 51.5 Å². The van der Waals surface area contributed by atoms with Crippen molar-refractivity contribution >= 4 is 31.5 Å². The number of carbonyl (C=O) groups excluding carboxylic acids is 4. The Bertz CT molecular complexity index is 1030. The molecule has 0 saturated carbocycles. The minimum Gasteiger partial charge on any atom is -0.462 e. The number of phosphoric ester groups is 1. The molecule has 0 aromatic rings. The first-order chi connectivity index (χ1) is 17.3. The molecule has 37 heavy (non-hydrogen) atoms. The molecule has 5 atom stereocenters. The molecule has 3 heterocycles. The molecule has 3 aliphatic heterocycles. The zero-order chi connectivity index (χ0) is 27.5. The number of phosphoric acid groups is 1. The lowest BCUT2D eigenvalue weighted by Gasteiger charge is -2.36. The Balaban J connectivity index is 1.69. The lowest BCUT2D eigenvalue weighted by Crippen LogP contribution is -2.56. The average Bonchev–Trinajstić information content (AvgIpc) is 3.07. The van der Waals surface area contributed by atoms with Gasteiger partial charge < -0.3 is 19.3 Å². The lowest BCUT2D eigenvalue weighted by atomic mass is 9.94. The van der Waals surface area contributed by atoms with E-state index in [0.29, 0.717) is 0 Å². The fourth-order valence-electron chi connectivity index (χ4n) is 3.87. The van der Waals surface area contributed by atoms with Gasteiger partial charge in [0.15, 0.2) is 23.5 Å². The van der Waals surface area contributed by atoms with Crippen molar-refractivity contribution in [3.63, 3.8) is 0 Å². The highest BCUT2D eigenvalue weighted by molar-refractivity contribution is 7.48. The summed E-state index contributed by atoms with van der Waals surface area (Å²) in [6.07, 6.45) is 2.27. The highest BCUT2D eigenvalue weighted by Crippen LogP contribution is 2.57. The van der Waals surface area contributed by atoms with E-state index in [1.807, 2.05) is 0 Å². The third kappa shape index (κ3) is 6.46. The number of carbonyl (C=O) groups is 4. The number of ether oxygens (including phenoxy) is 3. The van der Waals surface area contributed by atoms with Gasteiger partial charge in [-0.2, -0.15) is 0 Å². The van der Waals surface area contributed by atoms with E-state index in [1.165, 1.54) is 0 Å². The standard InChI is InChI=1S/C23H30NO12P/c1-6-23(29)19-17(35-22(23)24-9-7-15(25)11-18(24)26)12-32-37(30,36-19)31-10-8-16(20(27)33-13(2)3)21(28)34-14(4)5/h1,7,9,13-14,16-17,19,22,29H,8,10-12H2,2-5H3/t17-,19-,22-,23-,37+/m1/s1. The molecule has 14 heteroatoms. The van der Waals surface area contributed by atoms with Gasteiger partial charge in [0.25, 0.3) is 0 Å². The number of aliphatic hydroxyl groups is 1. The van der Waals surface area contributed by atoms with Crippen LogP contribution in [0.15, 0.2) is 12.3 Å². The van der Waals surface area contributed by atoms with Crippen molar-refractivity contribution in [2.75, 3.05) is 13.2 Å². The Kier molecular flexibility index (Phi) is 8.95. The number of terminal acetylenes is 1. The van der Waals surface area contributed by atoms with Crippen LogP contribution in [0.2, 0.25) is 0 Å². The molecular weight excluding hydrogens is 513 g/mol. The first kappa shape index (κ1) is 29.0. The number of ketones is 1. The summed E-state index contributed by atoms with van der Waals surface area (Å²) < 4.78 is 45.0. The van der Waals surface area contributed by atoms with Crippen LogP contribution in [0.3, 0.4) is 0 Å². The van der Waals surface area contributed by atoms with Gasteiger partial charge in [0, 0.05) is 6.20 Å². The molecule has 3 aliphatic rings. The van der Waals surface area contributed by atoms with Crippen molar-refractivity contribution in [1.82, 2.24) is 4.90 Å². The summed E-state index contributed by atoms with van der Waals surface area (Å²) in [6, 6.07) is 0. The van der Waals surface area contributed by atoms with Crippen molar-refractivity contribution in [3.8, 4) is 12.3 Å². The third-order valence-corrected chi connectivity index (χ3v) is 6.99. The van der Waals surface area contributed by atoms with E-state index >= 15 is 0 Å². The maximum Gasteiger partial charge on any atom is 0.475 e. The van der Waals surface area contributed by atoms with E-state index in [-0.39, 0.29) is 13.0 Å². The van der Waals surface area contributed by atoms with Crippen molar-refractivity contribution < 1.29 is 56.6 Å². The summed E-state index contributed by atoms with van der Waals surface area (Å²) >= 11 is 0. The lowest BCUT2D eigenvalue weighted by molar-refractivity contribution is -0.167. The number of allylic oxidation sites excluding steroid dienone is 1. The zero-order valence-electron chi connectivity index (χ0n) is 20.9. The number of esters is 2. The summed E-state index contributed by atoms with van der Waals surface area (Å²) in [5.74, 6) is -1.96. The highest BCUT2D eigenvalue weighted by atomic mass is 31.2. The van der Waals surface area contributed by atoms with Gasteiger partial charge in [-0.1, -0.05) is 5.92 Å². The maximum atomic E-state index is 13.2. The molecule has 2 saturated heterocycles. The van der Waals surface area contributed by atoms with Crippen LogP contribution in [-0.4, -0.2) is 83.1 Å². The second-order valence-corrected chi connectivity index (χ2v) is 10.8. The quantitative estimate of drug-likeness (QED) is 0.189. The molecule has 0 aromatic heterocycles. The molecule has 0 spiro atoms. The van der Waals surface area contributed by atoms with Crippen molar-refractivity contribution in [1.29, 1.82) is 0 Å². The first-order valence-electron chi connectivity index (χ1n) is 11.7. The summed E-state index contributed by atoms with van der Waals surface area (Å²) in [4.78, 5) is 49.6. The van der Waals surface area contributed by atoms with Gasteiger partial charge in [-0.15, -0.1) is 6.42 Å². The molecule has 1 amide bonds. The molecule has 0 radical (unpaired) electrons. The third-order valence-electron chi connectivity index (χ3n) is 5.54. The average molecular weight is 543 g/mol. The summed E-state index contributed by atoms with van der Waals surface area (Å²) in [5.41, 5.74) is -2.27. The molecule has 0 unspecified atom stereocenters. The van der Waals surface area contributed by atoms with Gasteiger partial charge in [-0.05, 0) is 40.2 Å². The van der Waals surface area contributed by atoms with Crippen molar-refractivity contribution in [2.24, 2.45) is 5.92 Å². The summed E-state index contributed by atoms with van der Waals surface area (Å²) in [6.45, 7) is 5.66. The van der Waals surface area contributed by atoms with Gasteiger partial charge in [0.1, 0.15) is 12.2 Å². The van der Waals surface area contributed by atoms with Crippen molar-refractivity contribution in [2.45, 2.75) is 76.8 Å². The Morgan fingerprint density at radius 2 is 1.86 bits per heavy atom. The summed E-state index contributed by atoms with van der Waals surface area (Å²) in [7, 11) is -4.36. The molecule has 13 nitrogen and oxygen atoms in total. The fraction of sp³-hybridized carbons (Fsp3) is 0.652. The number of fused-ring (bicyclic) bond motifs is 1. The normalized spacial score (nSPS) is 31.5. The van der Waals surface area contributed by atoms with Crippen LogP contribution >= 0.6 is 7.82 Å². The monoisotopic (exact) mass is 543 g/mol. The molecule has 1 N–H and O–H groups in total. The molecular formula is C23H30NO12P. The molecule has 0 bridgehead atoms. The smallest absolute Gasteiger partial charge is 0.462 e. The van der Waals surface area contributed by atoms with Crippen LogP contribution < -0.4 is 0 Å². The number of hydrogen-bond acceptors (Lipinski definition) is 12. The van der Waals surface area contributed by atoms with E-state index in [1.54, 1.807) is 27.7 Å². The number of hydrogen-bond donors (Lipinski definition) is 1. The Hall–Kier alpha value is -2.59. The number of nitrogens with zero attached hydrogens (tertiary/aromatic N) is 1. The molecule has 2 fully saturated rings. The Labute approximate surface area is 213 Å². The SMILES string of the molecule is C#C[C@@]1(O)[C@@H]2O[P@@](=O)(OCCC(C(=O)OC(C)C)C(=O)OC(C)C)OC[C@H]2O[C@H]1N1C=CC(=O)CC1=O. The van der Waals surface area contributed by atoms with Gasteiger partial charge in [-0.25, -0.2) is 4.57 Å². The van der Waals surface area contributed by atoms with E-state index in [9.17, 15) is 28.8 Å². The van der Waals surface area contributed by atoms with Crippen LogP contribution in [0, 0.1) is 18.3 Å². The van der Waals surface area contributed by atoms with E-state index < -0.39 is 86.6 Å². The molecule has 0 aliphatic carbocycles. The topological polar surface area (TPSA) is 164 Å². The van der Waals surface area contributed by atoms with E-state index in [0.717, 1.165) is 17.2 Å². The second kappa shape index (κ2) is 11.4. The second-order valence-electron chi connectivity index (χ2n) is 9.17. The van der Waals surface area contributed by atoms with Gasteiger partial charge in [0.2, 0.25) is 5.91 Å². The molecule has 0 aromatic carbocycles. The Morgan fingerprint density at radius 3 is 2.41 bits per heavy atom. The largest absolute Gasteiger partial charge is 0.475 e. The zero-order valence-corrected chi connectivity index (χ0v) is 21.8. The predicted octanol–water partition coefficient (Wildman–Crippen LogP) is 0.840. The van der Waals surface area contributed by atoms with E-state index in [2.05, 4.69) is 5.92 Å². The van der Waals surface area contributed by atoms with Gasteiger partial charge in [0.05, 0.1) is 31.8 Å². The number of amides is 1. The predicted molar refractivity (Wildman–Crippen MR) is 123 cm³/mol. The Morgan fingerprint density at radius 1 is 1.24 bits per heavy atom. The van der Waals surface area contributed by atoms with Crippen LogP contribution in [0.4, 0.5) is 0 Å². The molecule has 3 rings (SSSR count). The summed E-state index contributed by atoms with van der Waals surface area (Å²) in [5, 5.41) is 11.2. The van der Waals surface area contributed by atoms with Crippen LogP contribution in [0.1, 0.15) is 40.5 Å². The molecule has 204 valence electrons. The van der Waals surface area contributed by atoms with E-state index in [4.69, 9.17) is 34.2 Å². The first-order valence-corrected chi connectivity index (χ1v) is 13.1. The minimum atomic E-state index is -4.36. The van der Waals surface area contributed by atoms with Gasteiger partial charge in [-0.3, -0.25) is 37.6 Å². The van der Waals surface area contributed by atoms with Crippen LogP contribution in [0.5, 0.6) is 0 Å². The van der Waals surface area contributed by atoms with Crippen molar-refractivity contribution in [3.05, 3.63) is 12.3 Å². The highest BCUT2D eigenvalue weighted by Gasteiger charge is 2.63. The maximum absolute atomic E-state index is 13.2. The minimum absolute atomic E-state index is 0.262. The van der Waals surface area contributed by atoms with Crippen LogP contribution in [0.25, 0.3) is 0 Å². The van der Waals surface area contributed by atoms with Gasteiger partial charge >= 0.3 is 19.8 Å². The fourth-order valence-corrected chi connectivity index (χ4v) is 5.30.